The molecule has 1 saturated heterocycles. The highest BCUT2D eigenvalue weighted by Crippen LogP contribution is 2.17. The van der Waals surface area contributed by atoms with E-state index in [1.165, 1.54) is 18.6 Å². The van der Waals surface area contributed by atoms with Gasteiger partial charge >= 0.3 is 0 Å². The van der Waals surface area contributed by atoms with Crippen LogP contribution in [0.2, 0.25) is 0 Å². The maximum Gasteiger partial charge on any atom is 0.123 e. The number of nitrogens with zero attached hydrogens (tertiary/aromatic N) is 2. The van der Waals surface area contributed by atoms with Gasteiger partial charge in [0.2, 0.25) is 0 Å². The Morgan fingerprint density at radius 1 is 1.35 bits per heavy atom. The number of imidazole rings is 1. The molecule has 2 N–H and O–H groups in total. The van der Waals surface area contributed by atoms with Crippen molar-refractivity contribution in [1.82, 2.24) is 14.9 Å². The fourth-order valence-electron chi connectivity index (χ4n) is 2.71. The number of H-pyrrole nitrogens is 1. The van der Waals surface area contributed by atoms with Gasteiger partial charge in [-0.05, 0) is 43.7 Å². The number of anilines is 1. The van der Waals surface area contributed by atoms with E-state index in [-0.39, 0.29) is 5.82 Å². The molecule has 5 heteroatoms. The topological polar surface area (TPSA) is 44.0 Å². The van der Waals surface area contributed by atoms with Crippen LogP contribution in [0.15, 0.2) is 36.8 Å². The smallest absolute Gasteiger partial charge is 0.123 e. The highest BCUT2D eigenvalue weighted by atomic mass is 19.1. The van der Waals surface area contributed by atoms with Crippen molar-refractivity contribution in [2.45, 2.75) is 25.4 Å². The molecule has 1 aliphatic heterocycles. The van der Waals surface area contributed by atoms with Crippen molar-refractivity contribution in [3.05, 3.63) is 48.3 Å². The molecule has 1 aromatic carbocycles. The number of benzene rings is 1. The molecule has 1 fully saturated rings. The second kappa shape index (κ2) is 6.05. The number of hydrogen-bond donors (Lipinski definition) is 2. The van der Waals surface area contributed by atoms with Crippen molar-refractivity contribution in [3.8, 4) is 0 Å². The van der Waals surface area contributed by atoms with Gasteiger partial charge in [0.25, 0.3) is 0 Å². The van der Waals surface area contributed by atoms with Crippen LogP contribution < -0.4 is 5.32 Å². The largest absolute Gasteiger partial charge is 0.381 e. The van der Waals surface area contributed by atoms with Crippen LogP contribution in [0.25, 0.3) is 0 Å². The van der Waals surface area contributed by atoms with Crippen LogP contribution in [0.4, 0.5) is 10.1 Å². The molecular formula is C15H19FN4. The normalized spacial score (nSPS) is 19.9. The maximum absolute atomic E-state index is 12.9. The van der Waals surface area contributed by atoms with Crippen molar-refractivity contribution in [1.29, 1.82) is 0 Å². The minimum atomic E-state index is -0.194. The van der Waals surface area contributed by atoms with Gasteiger partial charge in [0, 0.05) is 36.7 Å². The second-order valence-electron chi connectivity index (χ2n) is 5.30. The summed E-state index contributed by atoms with van der Waals surface area (Å²) < 4.78 is 12.9. The van der Waals surface area contributed by atoms with Gasteiger partial charge < -0.3 is 10.3 Å². The number of hydrogen-bond acceptors (Lipinski definition) is 3. The molecule has 0 amide bonds. The van der Waals surface area contributed by atoms with Crippen molar-refractivity contribution in [3.63, 3.8) is 0 Å². The zero-order valence-corrected chi connectivity index (χ0v) is 11.3. The molecule has 0 saturated carbocycles. The molecule has 1 unspecified atom stereocenters. The van der Waals surface area contributed by atoms with Crippen LogP contribution in [0.1, 0.15) is 18.5 Å². The summed E-state index contributed by atoms with van der Waals surface area (Å²) in [6, 6.07) is 6.99. The number of piperidine rings is 1. The van der Waals surface area contributed by atoms with Crippen LogP contribution in [-0.2, 0) is 6.54 Å². The first-order valence-corrected chi connectivity index (χ1v) is 7.01. The molecule has 4 nitrogen and oxygen atoms in total. The van der Waals surface area contributed by atoms with Gasteiger partial charge in [-0.25, -0.2) is 9.37 Å². The Morgan fingerprint density at radius 2 is 2.20 bits per heavy atom. The van der Waals surface area contributed by atoms with Gasteiger partial charge in [-0.3, -0.25) is 4.90 Å². The van der Waals surface area contributed by atoms with E-state index in [1.807, 2.05) is 6.20 Å². The van der Waals surface area contributed by atoms with Crippen molar-refractivity contribution in [2.24, 2.45) is 0 Å². The van der Waals surface area contributed by atoms with Gasteiger partial charge in [-0.1, -0.05) is 0 Å². The molecule has 0 radical (unpaired) electrons. The average molecular weight is 274 g/mol. The summed E-state index contributed by atoms with van der Waals surface area (Å²) in [6.45, 7) is 3.01. The Kier molecular flexibility index (Phi) is 3.97. The molecule has 1 aromatic heterocycles. The monoisotopic (exact) mass is 274 g/mol. The van der Waals surface area contributed by atoms with Crippen LogP contribution in [0, 0.1) is 5.82 Å². The number of aromatic amines is 1. The van der Waals surface area contributed by atoms with Crippen LogP contribution in [0.3, 0.4) is 0 Å². The van der Waals surface area contributed by atoms with Crippen LogP contribution in [-0.4, -0.2) is 34.0 Å². The summed E-state index contributed by atoms with van der Waals surface area (Å²) in [5, 5.41) is 3.48. The molecular weight excluding hydrogens is 255 g/mol. The lowest BCUT2D eigenvalue weighted by Gasteiger charge is -2.33. The molecule has 0 spiro atoms. The summed E-state index contributed by atoms with van der Waals surface area (Å²) in [5.74, 6) is -0.194. The molecule has 0 aliphatic carbocycles. The lowest BCUT2D eigenvalue weighted by Crippen LogP contribution is -2.41. The fraction of sp³-hybridized carbons (Fsp3) is 0.400. The van der Waals surface area contributed by atoms with E-state index in [0.29, 0.717) is 6.04 Å². The van der Waals surface area contributed by atoms with E-state index < -0.39 is 0 Å². The van der Waals surface area contributed by atoms with E-state index in [9.17, 15) is 4.39 Å². The first kappa shape index (κ1) is 13.1. The van der Waals surface area contributed by atoms with Crippen LogP contribution >= 0.6 is 0 Å². The number of halogens is 1. The van der Waals surface area contributed by atoms with Gasteiger partial charge in [0.15, 0.2) is 0 Å². The van der Waals surface area contributed by atoms with Gasteiger partial charge in [-0.15, -0.1) is 0 Å². The Morgan fingerprint density at radius 3 is 2.95 bits per heavy atom. The summed E-state index contributed by atoms with van der Waals surface area (Å²) in [5.41, 5.74) is 2.13. The highest BCUT2D eigenvalue weighted by molar-refractivity contribution is 5.43. The third-order valence-electron chi connectivity index (χ3n) is 3.67. The highest BCUT2D eigenvalue weighted by Gasteiger charge is 2.20. The third kappa shape index (κ3) is 3.36. The standard InChI is InChI=1S/C15H19FN4/c16-12-3-5-13(6-4-12)19-14-2-1-7-20(9-14)10-15-8-17-11-18-15/h3-6,8,11,14,19H,1-2,7,9-10H2,(H,17,18). The summed E-state index contributed by atoms with van der Waals surface area (Å²) in [7, 11) is 0. The number of rotatable bonds is 4. The average Bonchev–Trinajstić information content (AvgIpc) is 2.95. The molecule has 1 aliphatic rings. The van der Waals surface area contributed by atoms with E-state index in [0.717, 1.165) is 37.4 Å². The molecule has 3 rings (SSSR count). The van der Waals surface area contributed by atoms with Gasteiger partial charge in [0.05, 0.1) is 6.33 Å². The lowest BCUT2D eigenvalue weighted by molar-refractivity contribution is 0.206. The summed E-state index contributed by atoms with van der Waals surface area (Å²) >= 11 is 0. The quantitative estimate of drug-likeness (QED) is 0.900. The molecule has 2 aromatic rings. The minimum absolute atomic E-state index is 0.194. The lowest BCUT2D eigenvalue weighted by atomic mass is 10.1. The fourth-order valence-corrected chi connectivity index (χ4v) is 2.71. The Labute approximate surface area is 118 Å². The number of aromatic nitrogens is 2. The zero-order valence-electron chi connectivity index (χ0n) is 11.3. The van der Waals surface area contributed by atoms with Crippen molar-refractivity contribution >= 4 is 5.69 Å². The zero-order chi connectivity index (χ0) is 13.8. The molecule has 20 heavy (non-hydrogen) atoms. The predicted molar refractivity (Wildman–Crippen MR) is 76.9 cm³/mol. The number of likely N-dealkylation sites (tertiary alicyclic amines) is 1. The molecule has 106 valence electrons. The summed E-state index contributed by atoms with van der Waals surface area (Å²) in [4.78, 5) is 9.60. The molecule has 2 heterocycles. The van der Waals surface area contributed by atoms with E-state index >= 15 is 0 Å². The Bertz CT molecular complexity index is 523. The maximum atomic E-state index is 12.9. The van der Waals surface area contributed by atoms with Gasteiger partial charge in [-0.2, -0.15) is 0 Å². The van der Waals surface area contributed by atoms with Crippen LogP contribution in [0.5, 0.6) is 0 Å². The second-order valence-corrected chi connectivity index (χ2v) is 5.30. The summed E-state index contributed by atoms with van der Waals surface area (Å²) in [6.07, 6.45) is 5.91. The predicted octanol–water partition coefficient (Wildman–Crippen LogP) is 2.63. The Balaban J connectivity index is 1.56. The first-order valence-electron chi connectivity index (χ1n) is 7.01. The van der Waals surface area contributed by atoms with Gasteiger partial charge in [0.1, 0.15) is 5.82 Å². The SMILES string of the molecule is Fc1ccc(NC2CCCN(Cc3cnc[nH]3)C2)cc1. The number of nitrogens with one attached hydrogen (secondary N) is 2. The van der Waals surface area contributed by atoms with E-state index in [4.69, 9.17) is 0 Å². The Hall–Kier alpha value is -1.88. The first-order chi connectivity index (χ1) is 9.79. The van der Waals surface area contributed by atoms with Crippen molar-refractivity contribution < 1.29 is 4.39 Å². The van der Waals surface area contributed by atoms with E-state index in [2.05, 4.69) is 20.2 Å². The van der Waals surface area contributed by atoms with Crippen molar-refractivity contribution in [2.75, 3.05) is 18.4 Å². The molecule has 0 bridgehead atoms. The minimum Gasteiger partial charge on any atom is -0.381 e. The molecule has 1 atom stereocenters. The third-order valence-corrected chi connectivity index (χ3v) is 3.67. The van der Waals surface area contributed by atoms with E-state index in [1.54, 1.807) is 18.5 Å².